The third kappa shape index (κ3) is 9.27. The van der Waals surface area contributed by atoms with Crippen molar-refractivity contribution >= 4 is 48.7 Å². The van der Waals surface area contributed by atoms with Crippen molar-refractivity contribution in [1.82, 2.24) is 0 Å². The monoisotopic (exact) mass is 260 g/mol. The number of hydrogen-bond acceptors (Lipinski definition) is 0. The molecule has 4 radical (unpaired) electrons. The van der Waals surface area contributed by atoms with Gasteiger partial charge in [-0.3, -0.25) is 0 Å². The smallest absolute Gasteiger partial charge is 0 e. The van der Waals surface area contributed by atoms with Crippen molar-refractivity contribution in [2.75, 3.05) is 0 Å². The Morgan fingerprint density at radius 2 is 1.25 bits per heavy atom. The summed E-state index contributed by atoms with van der Waals surface area (Å²) < 4.78 is 4.63. The summed E-state index contributed by atoms with van der Waals surface area (Å²) in [6, 6.07) is 0. The van der Waals surface area contributed by atoms with E-state index in [0.29, 0.717) is 0 Å². The molecule has 0 N–H and O–H groups in total. The van der Waals surface area contributed by atoms with E-state index in [0.717, 1.165) is 0 Å². The quantitative estimate of drug-likeness (QED) is 0.591. The molecule has 0 atom stereocenters. The van der Waals surface area contributed by atoms with Gasteiger partial charge in [-0.05, 0) is 0 Å². The summed E-state index contributed by atoms with van der Waals surface area (Å²) in [5.41, 5.74) is 0. The number of rotatable bonds is 0. The third-order valence-electron chi connectivity index (χ3n) is 0. The molecule has 0 rings (SSSR count). The van der Waals surface area contributed by atoms with Gasteiger partial charge in [0.05, 0.1) is 0 Å². The largest absolute Gasteiger partial charge is 0 e. The zero-order valence-electron chi connectivity index (χ0n) is 3.15. The summed E-state index contributed by atoms with van der Waals surface area (Å²) in [7, 11) is 0. The molecule has 0 heterocycles. The maximum atomic E-state index is 2.32. The predicted octanol–water partition coefficient (Wildman–Crippen LogP) is 0.406. The molecule has 4 heavy (non-hydrogen) atoms. The Balaban J connectivity index is 0. The van der Waals surface area contributed by atoms with Crippen LogP contribution in [0, 0.1) is 0 Å². The summed E-state index contributed by atoms with van der Waals surface area (Å²) in [5.74, 6) is 0. The van der Waals surface area contributed by atoms with Gasteiger partial charge < -0.3 is 0 Å². The Bertz CT molecular complexity index is 4.00. The average molecular weight is 260 g/mol. The fourth-order valence-electron chi connectivity index (χ4n) is 0. The van der Waals surface area contributed by atoms with Gasteiger partial charge in [-0.25, -0.2) is 0 Å². The van der Waals surface area contributed by atoms with Gasteiger partial charge in [-0.1, -0.05) is 0 Å². The molecular formula is C2H6In2. The molecule has 0 spiro atoms. The van der Waals surface area contributed by atoms with Crippen LogP contribution in [0.2, 0.25) is 9.36 Å². The van der Waals surface area contributed by atoms with Crippen LogP contribution in [-0.2, 0) is 0 Å². The van der Waals surface area contributed by atoms with Crippen LogP contribution in [0.15, 0.2) is 0 Å². The molecule has 20 valence electrons. The van der Waals surface area contributed by atoms with E-state index in [9.17, 15) is 0 Å². The van der Waals surface area contributed by atoms with Crippen molar-refractivity contribution in [3.8, 4) is 0 Å². The molecule has 0 saturated heterocycles. The summed E-state index contributed by atoms with van der Waals surface area (Å²) >= 11 is 0.110. The maximum absolute atomic E-state index is 2.32. The average Bonchev–Trinajstić information content (AvgIpc) is 0.918. The van der Waals surface area contributed by atoms with Gasteiger partial charge in [0, 0.05) is 25.8 Å². The fraction of sp³-hybridized carbons (Fsp3) is 1.00. The first kappa shape index (κ1) is 9.22. The van der Waals surface area contributed by atoms with Gasteiger partial charge in [0.15, 0.2) is 0 Å². The zero-order chi connectivity index (χ0) is 2.71. The maximum Gasteiger partial charge on any atom is 0 e. The molecule has 0 aromatic heterocycles. The molecule has 0 amide bonds. The number of hydrogen-bond donors (Lipinski definition) is 0. The van der Waals surface area contributed by atoms with Crippen LogP contribution in [0.5, 0.6) is 0 Å². The van der Waals surface area contributed by atoms with Crippen LogP contribution in [0.25, 0.3) is 0 Å². The van der Waals surface area contributed by atoms with E-state index in [4.69, 9.17) is 0 Å². The van der Waals surface area contributed by atoms with Crippen molar-refractivity contribution in [1.29, 1.82) is 0 Å². The Hall–Kier alpha value is 1.74. The van der Waals surface area contributed by atoms with Crippen LogP contribution >= 0.6 is 0 Å². The molecule has 2 heteroatoms. The first-order chi connectivity index (χ1) is 1.41. The fourth-order valence-corrected chi connectivity index (χ4v) is 0. The van der Waals surface area contributed by atoms with Crippen molar-refractivity contribution in [2.45, 2.75) is 9.36 Å². The Kier molecular flexibility index (Phi) is 20.4. The second-order valence-corrected chi connectivity index (χ2v) is 3.87. The summed E-state index contributed by atoms with van der Waals surface area (Å²) in [6.45, 7) is 0. The van der Waals surface area contributed by atoms with E-state index in [1.165, 1.54) is 0 Å². The van der Waals surface area contributed by atoms with E-state index >= 15 is 0 Å². The molecule has 0 aliphatic heterocycles. The molecule has 0 fully saturated rings. The molecule has 0 aromatic rings. The SMILES string of the molecule is [CH3][In][CH3].[In]. The van der Waals surface area contributed by atoms with Crippen LogP contribution < -0.4 is 0 Å². The molecule has 0 unspecified atom stereocenters. The Morgan fingerprint density at radius 3 is 1.25 bits per heavy atom. The molecule has 0 saturated carbocycles. The second kappa shape index (κ2) is 8.83. The van der Waals surface area contributed by atoms with Crippen molar-refractivity contribution < 1.29 is 0 Å². The van der Waals surface area contributed by atoms with Gasteiger partial charge in [0.2, 0.25) is 0 Å². The van der Waals surface area contributed by atoms with Crippen molar-refractivity contribution in [3.63, 3.8) is 0 Å². The van der Waals surface area contributed by atoms with Gasteiger partial charge in [-0.2, -0.15) is 0 Å². The first-order valence-electron chi connectivity index (χ1n) is 1.15. The van der Waals surface area contributed by atoms with E-state index in [1.54, 1.807) is 0 Å². The Labute approximate surface area is 57.5 Å². The molecule has 0 aromatic carbocycles. The molecule has 0 aliphatic carbocycles. The zero-order valence-corrected chi connectivity index (χ0v) is 9.75. The van der Waals surface area contributed by atoms with Crippen LogP contribution in [0.1, 0.15) is 0 Å². The predicted molar refractivity (Wildman–Crippen MR) is 23.2 cm³/mol. The minimum atomic E-state index is 0. The summed E-state index contributed by atoms with van der Waals surface area (Å²) in [6.07, 6.45) is 0. The minimum absolute atomic E-state index is 0. The van der Waals surface area contributed by atoms with E-state index < -0.39 is 0 Å². The minimum Gasteiger partial charge on any atom is 0 e. The van der Waals surface area contributed by atoms with Gasteiger partial charge >= 0.3 is 32.3 Å². The van der Waals surface area contributed by atoms with Crippen molar-refractivity contribution in [2.24, 2.45) is 0 Å². The molecule has 0 bridgehead atoms. The van der Waals surface area contributed by atoms with E-state index in [1.807, 2.05) is 0 Å². The standard InChI is InChI=1S/2CH3.2In/h2*1H3;;. The molecular weight excluding hydrogens is 254 g/mol. The van der Waals surface area contributed by atoms with E-state index in [2.05, 4.69) is 9.36 Å². The Morgan fingerprint density at radius 1 is 1.25 bits per heavy atom. The second-order valence-electron chi connectivity index (χ2n) is 0.577. The van der Waals surface area contributed by atoms with Crippen LogP contribution in [0.4, 0.5) is 0 Å². The topological polar surface area (TPSA) is 0 Å². The van der Waals surface area contributed by atoms with Crippen LogP contribution in [-0.4, -0.2) is 48.7 Å². The summed E-state index contributed by atoms with van der Waals surface area (Å²) in [4.78, 5) is 0. The first-order valence-corrected chi connectivity index (χ1v) is 7.75. The van der Waals surface area contributed by atoms with Gasteiger partial charge in [-0.15, -0.1) is 0 Å². The van der Waals surface area contributed by atoms with Gasteiger partial charge in [0.1, 0.15) is 0 Å². The third-order valence-corrected chi connectivity index (χ3v) is 0. The molecule has 0 aliphatic rings. The van der Waals surface area contributed by atoms with Crippen LogP contribution in [0.3, 0.4) is 0 Å². The van der Waals surface area contributed by atoms with Gasteiger partial charge in [0.25, 0.3) is 0 Å². The molecule has 0 nitrogen and oxygen atoms in total. The van der Waals surface area contributed by atoms with Crippen molar-refractivity contribution in [3.05, 3.63) is 0 Å². The normalized spacial score (nSPS) is 3.50. The van der Waals surface area contributed by atoms with E-state index in [-0.39, 0.29) is 48.7 Å². The summed E-state index contributed by atoms with van der Waals surface area (Å²) in [5, 5.41) is 0.